The van der Waals surface area contributed by atoms with Gasteiger partial charge in [-0.25, -0.2) is 0 Å². The van der Waals surface area contributed by atoms with Crippen molar-refractivity contribution in [2.45, 2.75) is 58.1 Å². The number of nitrogens with one attached hydrogen (secondary N) is 1. The zero-order valence-electron chi connectivity index (χ0n) is 12.3. The Morgan fingerprint density at radius 1 is 1.28 bits per heavy atom. The molecule has 106 valence electrons. The molecule has 0 amide bonds. The van der Waals surface area contributed by atoms with Crippen LogP contribution in [0.1, 0.15) is 46.0 Å². The molecule has 1 saturated heterocycles. The first-order chi connectivity index (χ1) is 8.53. The van der Waals surface area contributed by atoms with E-state index in [2.05, 4.69) is 31.1 Å². The van der Waals surface area contributed by atoms with Crippen LogP contribution in [0.2, 0.25) is 0 Å². The lowest BCUT2D eigenvalue weighted by Crippen LogP contribution is -2.53. The largest absolute Gasteiger partial charge is 0.392 e. The summed E-state index contributed by atoms with van der Waals surface area (Å²) in [4.78, 5) is 2.48. The summed E-state index contributed by atoms with van der Waals surface area (Å²) in [6.07, 6.45) is 6.07. The fourth-order valence-electron chi connectivity index (χ4n) is 4.13. The van der Waals surface area contributed by atoms with Gasteiger partial charge in [0.05, 0.1) is 6.10 Å². The second-order valence-corrected chi connectivity index (χ2v) is 6.96. The molecule has 2 N–H and O–H groups in total. The summed E-state index contributed by atoms with van der Waals surface area (Å²) in [5.74, 6) is 0.740. The number of hydrogen-bond acceptors (Lipinski definition) is 3. The number of β-amino-alcohol motifs (C(OH)–C–C–N with tert-alkyl or cyclic N) is 1. The average Bonchev–Trinajstić information content (AvgIpc) is 2.28. The van der Waals surface area contributed by atoms with Crippen LogP contribution in [-0.4, -0.2) is 48.8 Å². The molecule has 0 aromatic carbocycles. The van der Waals surface area contributed by atoms with E-state index in [9.17, 15) is 5.11 Å². The highest BCUT2D eigenvalue weighted by molar-refractivity contribution is 4.94. The summed E-state index contributed by atoms with van der Waals surface area (Å²) in [7, 11) is 2.11. The third-order valence-corrected chi connectivity index (χ3v) is 4.99. The van der Waals surface area contributed by atoms with Crippen LogP contribution in [0.5, 0.6) is 0 Å². The summed E-state index contributed by atoms with van der Waals surface area (Å²) in [5.41, 5.74) is 0.409. The van der Waals surface area contributed by atoms with Gasteiger partial charge in [0.15, 0.2) is 0 Å². The third-order valence-electron chi connectivity index (χ3n) is 4.99. The Hall–Kier alpha value is -0.120. The van der Waals surface area contributed by atoms with Crippen molar-refractivity contribution in [3.8, 4) is 0 Å². The summed E-state index contributed by atoms with van der Waals surface area (Å²) in [5, 5.41) is 13.3. The van der Waals surface area contributed by atoms with E-state index in [1.807, 2.05) is 0 Å². The van der Waals surface area contributed by atoms with Crippen molar-refractivity contribution in [2.75, 3.05) is 26.7 Å². The van der Waals surface area contributed by atoms with Crippen molar-refractivity contribution in [1.82, 2.24) is 10.2 Å². The normalized spacial score (nSPS) is 37.7. The SMILES string of the molecule is CNC1C(CN2CCCC(O)C2)CCCC1(C)C. The predicted octanol–water partition coefficient (Wildman–Crippen LogP) is 1.86. The minimum Gasteiger partial charge on any atom is -0.392 e. The quantitative estimate of drug-likeness (QED) is 0.807. The predicted molar refractivity (Wildman–Crippen MR) is 75.7 cm³/mol. The van der Waals surface area contributed by atoms with Crippen molar-refractivity contribution in [2.24, 2.45) is 11.3 Å². The van der Waals surface area contributed by atoms with E-state index in [4.69, 9.17) is 0 Å². The van der Waals surface area contributed by atoms with Crippen LogP contribution in [0.4, 0.5) is 0 Å². The fourth-order valence-corrected chi connectivity index (χ4v) is 4.13. The van der Waals surface area contributed by atoms with Gasteiger partial charge in [-0.15, -0.1) is 0 Å². The average molecular weight is 254 g/mol. The van der Waals surface area contributed by atoms with Crippen LogP contribution in [-0.2, 0) is 0 Å². The number of hydrogen-bond donors (Lipinski definition) is 2. The van der Waals surface area contributed by atoms with Crippen LogP contribution < -0.4 is 5.32 Å². The van der Waals surface area contributed by atoms with Gasteiger partial charge in [-0.05, 0) is 50.6 Å². The minimum atomic E-state index is -0.0941. The Labute approximate surface area is 112 Å². The molecule has 2 aliphatic rings. The molecule has 2 rings (SSSR count). The number of aliphatic hydroxyl groups excluding tert-OH is 1. The molecule has 0 bridgehead atoms. The molecule has 0 radical (unpaired) electrons. The molecule has 1 saturated carbocycles. The van der Waals surface area contributed by atoms with E-state index in [1.54, 1.807) is 0 Å². The van der Waals surface area contributed by atoms with Gasteiger partial charge in [0.1, 0.15) is 0 Å². The van der Waals surface area contributed by atoms with Crippen LogP contribution in [0.15, 0.2) is 0 Å². The lowest BCUT2D eigenvalue weighted by Gasteiger charge is -2.46. The highest BCUT2D eigenvalue weighted by atomic mass is 16.3. The molecular weight excluding hydrogens is 224 g/mol. The molecular formula is C15H30N2O. The third kappa shape index (κ3) is 3.25. The lowest BCUT2D eigenvalue weighted by molar-refractivity contribution is 0.0352. The smallest absolute Gasteiger partial charge is 0.0667 e. The Bertz CT molecular complexity index is 267. The first-order valence-corrected chi connectivity index (χ1v) is 7.60. The van der Waals surface area contributed by atoms with Crippen LogP contribution in [0.3, 0.4) is 0 Å². The molecule has 0 aromatic rings. The first-order valence-electron chi connectivity index (χ1n) is 7.60. The topological polar surface area (TPSA) is 35.5 Å². The molecule has 0 aromatic heterocycles. The minimum absolute atomic E-state index is 0.0941. The van der Waals surface area contributed by atoms with Gasteiger partial charge in [-0.1, -0.05) is 20.3 Å². The van der Waals surface area contributed by atoms with E-state index >= 15 is 0 Å². The Balaban J connectivity index is 1.94. The molecule has 1 aliphatic carbocycles. The highest BCUT2D eigenvalue weighted by Gasteiger charge is 2.38. The maximum Gasteiger partial charge on any atom is 0.0667 e. The lowest BCUT2D eigenvalue weighted by atomic mass is 9.67. The molecule has 3 unspecified atom stereocenters. The number of piperidine rings is 1. The number of aliphatic hydroxyl groups is 1. The second kappa shape index (κ2) is 5.89. The highest BCUT2D eigenvalue weighted by Crippen LogP contribution is 2.39. The van der Waals surface area contributed by atoms with Gasteiger partial charge < -0.3 is 15.3 Å². The first kappa shape index (κ1) is 14.3. The van der Waals surface area contributed by atoms with Crippen LogP contribution >= 0.6 is 0 Å². The van der Waals surface area contributed by atoms with E-state index in [1.165, 1.54) is 25.8 Å². The summed E-state index contributed by atoms with van der Waals surface area (Å²) in [6.45, 7) is 8.00. The summed E-state index contributed by atoms with van der Waals surface area (Å²) < 4.78 is 0. The van der Waals surface area contributed by atoms with Crippen molar-refractivity contribution in [3.05, 3.63) is 0 Å². The zero-order chi connectivity index (χ0) is 13.2. The molecule has 3 nitrogen and oxygen atoms in total. The standard InChI is InChI=1S/C15H30N2O/c1-15(2)8-4-6-12(14(15)16-3)10-17-9-5-7-13(18)11-17/h12-14,16,18H,4-11H2,1-3H3. The van der Waals surface area contributed by atoms with Gasteiger partial charge in [0.2, 0.25) is 0 Å². The van der Waals surface area contributed by atoms with Gasteiger partial charge in [-0.2, -0.15) is 0 Å². The Morgan fingerprint density at radius 3 is 2.72 bits per heavy atom. The van der Waals surface area contributed by atoms with Gasteiger partial charge in [0, 0.05) is 19.1 Å². The van der Waals surface area contributed by atoms with Crippen LogP contribution in [0, 0.1) is 11.3 Å². The van der Waals surface area contributed by atoms with E-state index in [0.717, 1.165) is 31.8 Å². The molecule has 3 heteroatoms. The van der Waals surface area contributed by atoms with Crippen molar-refractivity contribution >= 4 is 0 Å². The van der Waals surface area contributed by atoms with Gasteiger partial charge in [-0.3, -0.25) is 0 Å². The molecule has 1 aliphatic heterocycles. The monoisotopic (exact) mass is 254 g/mol. The maximum absolute atomic E-state index is 9.78. The molecule has 1 heterocycles. The van der Waals surface area contributed by atoms with E-state index in [-0.39, 0.29) is 6.10 Å². The van der Waals surface area contributed by atoms with E-state index < -0.39 is 0 Å². The maximum atomic E-state index is 9.78. The van der Waals surface area contributed by atoms with E-state index in [0.29, 0.717) is 11.5 Å². The second-order valence-electron chi connectivity index (χ2n) is 6.96. The van der Waals surface area contributed by atoms with Crippen molar-refractivity contribution in [1.29, 1.82) is 0 Å². The molecule has 3 atom stereocenters. The zero-order valence-corrected chi connectivity index (χ0v) is 12.3. The molecule has 0 spiro atoms. The van der Waals surface area contributed by atoms with Gasteiger partial charge >= 0.3 is 0 Å². The van der Waals surface area contributed by atoms with Gasteiger partial charge in [0.25, 0.3) is 0 Å². The summed E-state index contributed by atoms with van der Waals surface area (Å²) in [6, 6.07) is 0.616. The Kier molecular flexibility index (Phi) is 4.68. The van der Waals surface area contributed by atoms with Crippen molar-refractivity contribution in [3.63, 3.8) is 0 Å². The Morgan fingerprint density at radius 2 is 2.06 bits per heavy atom. The molecule has 2 fully saturated rings. The van der Waals surface area contributed by atoms with Crippen molar-refractivity contribution < 1.29 is 5.11 Å². The number of nitrogens with zero attached hydrogens (tertiary/aromatic N) is 1. The fraction of sp³-hybridized carbons (Fsp3) is 1.00. The molecule has 18 heavy (non-hydrogen) atoms. The summed E-state index contributed by atoms with van der Waals surface area (Å²) >= 11 is 0. The van der Waals surface area contributed by atoms with Crippen LogP contribution in [0.25, 0.3) is 0 Å². The number of likely N-dealkylation sites (tertiary alicyclic amines) is 1. The number of rotatable bonds is 3.